The molecule has 0 spiro atoms. The number of rotatable bonds is 4. The zero-order valence-corrected chi connectivity index (χ0v) is 21.1. The number of benzene rings is 2. The number of hydrogen-bond donors (Lipinski definition) is 1. The van der Waals surface area contributed by atoms with Gasteiger partial charge >= 0.3 is 0 Å². The number of nitrogens with zero attached hydrogens (tertiary/aromatic N) is 3. The number of aromatic nitrogens is 2. The number of para-hydroxylation sites is 2. The van der Waals surface area contributed by atoms with Crippen LogP contribution in [0.2, 0.25) is 0 Å². The van der Waals surface area contributed by atoms with Crippen LogP contribution in [0.15, 0.2) is 57.2 Å². The molecule has 2 aromatic carbocycles. The highest BCUT2D eigenvalue weighted by Gasteiger charge is 2.14. The van der Waals surface area contributed by atoms with Crippen molar-refractivity contribution in [1.82, 2.24) is 19.0 Å². The molecule has 5 rings (SSSR count). The predicted molar refractivity (Wildman–Crippen MR) is 136 cm³/mol. The van der Waals surface area contributed by atoms with Gasteiger partial charge in [-0.1, -0.05) is 24.3 Å². The molecule has 1 aliphatic heterocycles. The van der Waals surface area contributed by atoms with Crippen LogP contribution in [-0.2, 0) is 4.74 Å². The maximum absolute atomic E-state index is 5.32. The monoisotopic (exact) mass is 490 g/mol. The van der Waals surface area contributed by atoms with E-state index in [2.05, 4.69) is 64.0 Å². The van der Waals surface area contributed by atoms with Gasteiger partial charge in [0.25, 0.3) is 0 Å². The highest BCUT2D eigenvalue weighted by molar-refractivity contribution is 7.99. The van der Waals surface area contributed by atoms with Crippen molar-refractivity contribution in [3.63, 3.8) is 0 Å². The molecule has 1 N–H and O–H groups in total. The Morgan fingerprint density at radius 3 is 2.00 bits per heavy atom. The van der Waals surface area contributed by atoms with Crippen molar-refractivity contribution in [2.24, 2.45) is 0 Å². The number of hydrogen-bond acceptors (Lipinski definition) is 9. The smallest absolute Gasteiger partial charge is 0.166 e. The van der Waals surface area contributed by atoms with Crippen LogP contribution >= 0.6 is 46.6 Å². The van der Waals surface area contributed by atoms with E-state index >= 15 is 0 Å². The Kier molecular flexibility index (Phi) is 7.86. The topological polar surface area (TPSA) is 50.3 Å². The molecular weight excluding hydrogens is 465 g/mol. The summed E-state index contributed by atoms with van der Waals surface area (Å²) in [6.45, 7) is 10.1. The van der Waals surface area contributed by atoms with Crippen molar-refractivity contribution in [2.75, 3.05) is 26.3 Å². The second-order valence-corrected chi connectivity index (χ2v) is 12.4. The van der Waals surface area contributed by atoms with Gasteiger partial charge in [0.05, 0.1) is 33.6 Å². The largest absolute Gasteiger partial charge is 0.379 e. The molecule has 0 radical (unpaired) electrons. The third-order valence-electron chi connectivity index (χ3n) is 4.17. The average molecular weight is 491 g/mol. The van der Waals surface area contributed by atoms with Gasteiger partial charge in [-0.2, -0.15) is 0 Å². The molecule has 1 saturated heterocycles. The van der Waals surface area contributed by atoms with Crippen LogP contribution in [0.3, 0.4) is 0 Å². The van der Waals surface area contributed by atoms with E-state index < -0.39 is 0 Å². The van der Waals surface area contributed by atoms with Crippen molar-refractivity contribution >= 4 is 67.0 Å². The van der Waals surface area contributed by atoms with E-state index in [0.717, 1.165) is 46.0 Å². The Hall–Kier alpha value is -1.20. The molecular formula is C22H26N4OS4. The van der Waals surface area contributed by atoms with Crippen LogP contribution in [0.5, 0.6) is 0 Å². The Balaban J connectivity index is 0.000000150. The molecule has 1 aliphatic rings. The van der Waals surface area contributed by atoms with Gasteiger partial charge in [-0.3, -0.25) is 4.72 Å². The van der Waals surface area contributed by atoms with Crippen LogP contribution in [0, 0.1) is 0 Å². The lowest BCUT2D eigenvalue weighted by molar-refractivity contribution is 0.0773. The average Bonchev–Trinajstić information content (AvgIpc) is 3.36. The molecule has 0 unspecified atom stereocenters. The van der Waals surface area contributed by atoms with Gasteiger partial charge in [0, 0.05) is 18.6 Å². The van der Waals surface area contributed by atoms with E-state index in [0.29, 0.717) is 0 Å². The third kappa shape index (κ3) is 6.89. The second kappa shape index (κ2) is 10.6. The molecule has 9 heteroatoms. The summed E-state index contributed by atoms with van der Waals surface area (Å²) in [6, 6.07) is 16.5. The Bertz CT molecular complexity index is 1050. The van der Waals surface area contributed by atoms with Gasteiger partial charge in [-0.05, 0) is 68.9 Å². The summed E-state index contributed by atoms with van der Waals surface area (Å²) >= 11 is 6.85. The van der Waals surface area contributed by atoms with Crippen molar-refractivity contribution in [2.45, 2.75) is 35.0 Å². The minimum absolute atomic E-state index is 0.114. The number of ether oxygens (including phenoxy) is 1. The van der Waals surface area contributed by atoms with Crippen molar-refractivity contribution in [3.8, 4) is 0 Å². The maximum atomic E-state index is 5.32. The van der Waals surface area contributed by atoms with E-state index in [1.165, 1.54) is 9.40 Å². The molecule has 0 aliphatic carbocycles. The summed E-state index contributed by atoms with van der Waals surface area (Å²) in [6.07, 6.45) is 0. The Morgan fingerprint density at radius 2 is 1.42 bits per heavy atom. The molecule has 4 aromatic rings. The molecule has 5 nitrogen and oxygen atoms in total. The summed E-state index contributed by atoms with van der Waals surface area (Å²) in [5.41, 5.74) is 2.30. The number of thiazole rings is 2. The van der Waals surface area contributed by atoms with Gasteiger partial charge in [-0.25, -0.2) is 14.3 Å². The number of nitrogens with one attached hydrogen (secondary N) is 1. The first kappa shape index (κ1) is 23.0. The first-order chi connectivity index (χ1) is 15.0. The van der Waals surface area contributed by atoms with Crippen LogP contribution < -0.4 is 4.72 Å². The maximum Gasteiger partial charge on any atom is 0.166 e. The van der Waals surface area contributed by atoms with Crippen LogP contribution in [0.4, 0.5) is 0 Å². The number of morpholine rings is 1. The molecule has 1 fully saturated rings. The van der Waals surface area contributed by atoms with E-state index in [1.54, 1.807) is 46.6 Å². The molecule has 0 saturated carbocycles. The van der Waals surface area contributed by atoms with Gasteiger partial charge < -0.3 is 4.74 Å². The molecule has 0 amide bonds. The fourth-order valence-electron chi connectivity index (χ4n) is 2.73. The lowest BCUT2D eigenvalue weighted by Gasteiger charge is -2.23. The Morgan fingerprint density at radius 1 is 0.871 bits per heavy atom. The normalized spacial score (nSPS) is 15.2. The van der Waals surface area contributed by atoms with E-state index in [-0.39, 0.29) is 5.54 Å². The first-order valence-corrected chi connectivity index (χ1v) is 13.3. The van der Waals surface area contributed by atoms with Gasteiger partial charge in [0.1, 0.15) is 0 Å². The van der Waals surface area contributed by atoms with Crippen molar-refractivity contribution in [3.05, 3.63) is 48.5 Å². The number of fused-ring (bicyclic) bond motifs is 2. The highest BCUT2D eigenvalue weighted by atomic mass is 32.2. The van der Waals surface area contributed by atoms with E-state index in [4.69, 9.17) is 4.74 Å². The second-order valence-electron chi connectivity index (χ2n) is 7.98. The van der Waals surface area contributed by atoms with E-state index in [1.807, 2.05) is 24.3 Å². The summed E-state index contributed by atoms with van der Waals surface area (Å²) in [5.74, 6) is 0. The fraction of sp³-hybridized carbons (Fsp3) is 0.364. The van der Waals surface area contributed by atoms with E-state index in [9.17, 15) is 0 Å². The standard InChI is InChI=1S/C11H12N2OS2.C11H14N2S2/c1-2-4-10-9(3-1)12-11(15-10)16-13-5-7-14-8-6-13;1-11(2,3)13-15-10-12-8-6-4-5-7-9(8)14-10/h1-4H,5-8H2;4-7,13H,1-3H3. The SMILES string of the molecule is CC(C)(C)NSc1nc2ccccc2s1.c1ccc2sc(SN3CCOCC3)nc2c1. The fourth-order valence-corrected chi connectivity index (χ4v) is 6.65. The third-order valence-corrected chi connectivity index (χ3v) is 8.66. The molecule has 164 valence electrons. The quantitative estimate of drug-likeness (QED) is 0.336. The molecule has 2 aromatic heterocycles. The van der Waals surface area contributed by atoms with Crippen molar-refractivity contribution in [1.29, 1.82) is 0 Å². The molecule has 0 bridgehead atoms. The zero-order valence-electron chi connectivity index (χ0n) is 17.8. The minimum Gasteiger partial charge on any atom is -0.379 e. The highest BCUT2D eigenvalue weighted by Crippen LogP contribution is 2.31. The van der Waals surface area contributed by atoms with Gasteiger partial charge in [0.15, 0.2) is 8.68 Å². The van der Waals surface area contributed by atoms with Crippen LogP contribution in [-0.4, -0.2) is 46.1 Å². The Labute approximate surface area is 199 Å². The van der Waals surface area contributed by atoms with Crippen LogP contribution in [0.25, 0.3) is 20.4 Å². The van der Waals surface area contributed by atoms with Crippen molar-refractivity contribution < 1.29 is 4.74 Å². The van der Waals surface area contributed by atoms with Gasteiger partial charge in [0.2, 0.25) is 0 Å². The lowest BCUT2D eigenvalue weighted by Crippen LogP contribution is -2.30. The summed E-state index contributed by atoms with van der Waals surface area (Å²) < 4.78 is 15.7. The molecule has 31 heavy (non-hydrogen) atoms. The van der Waals surface area contributed by atoms with Crippen LogP contribution in [0.1, 0.15) is 20.8 Å². The first-order valence-electron chi connectivity index (χ1n) is 10.1. The lowest BCUT2D eigenvalue weighted by atomic mass is 10.1. The molecule has 3 heterocycles. The minimum atomic E-state index is 0.114. The van der Waals surface area contributed by atoms with Gasteiger partial charge in [-0.15, -0.1) is 22.7 Å². The summed E-state index contributed by atoms with van der Waals surface area (Å²) in [5, 5.41) is 0. The zero-order chi connectivity index (χ0) is 21.7. The summed E-state index contributed by atoms with van der Waals surface area (Å²) in [4.78, 5) is 9.14. The summed E-state index contributed by atoms with van der Waals surface area (Å²) in [7, 11) is 0. The predicted octanol–water partition coefficient (Wildman–Crippen LogP) is 6.33. The molecule has 0 atom stereocenters.